The molecule has 0 spiro atoms. The Morgan fingerprint density at radius 2 is 1.76 bits per heavy atom. The zero-order chi connectivity index (χ0) is 27.4. The van der Waals surface area contributed by atoms with Gasteiger partial charge in [-0.05, 0) is 55.7 Å². The molecule has 0 radical (unpaired) electrons. The molecule has 2 N–H and O–H groups in total. The molecule has 2 aromatic carbocycles. The molecular formula is C25H23BrCl2N4O5S. The van der Waals surface area contributed by atoms with Crippen LogP contribution in [0.4, 0.5) is 11.6 Å². The van der Waals surface area contributed by atoms with Crippen LogP contribution in [0.15, 0.2) is 58.2 Å². The molecule has 13 heteroatoms. The van der Waals surface area contributed by atoms with Gasteiger partial charge in [-0.15, -0.1) is 0 Å². The molecule has 1 fully saturated rings. The summed E-state index contributed by atoms with van der Waals surface area (Å²) >= 11 is 15.8. The lowest BCUT2D eigenvalue weighted by molar-refractivity contribution is -0.143. The Bertz CT molecular complexity index is 1530. The maximum atomic E-state index is 14.1. The van der Waals surface area contributed by atoms with Gasteiger partial charge in [0.25, 0.3) is 15.9 Å². The number of nitrogens with zero attached hydrogens (tertiary/aromatic N) is 3. The van der Waals surface area contributed by atoms with Crippen LogP contribution in [0.2, 0.25) is 10.0 Å². The van der Waals surface area contributed by atoms with E-state index in [1.807, 2.05) is 0 Å². The molecule has 1 aromatic heterocycles. The Hall–Kier alpha value is -2.44. The third kappa shape index (κ3) is 4.54. The molecular weight excluding hydrogens is 619 g/mol. The number of amides is 1. The van der Waals surface area contributed by atoms with Gasteiger partial charge in [0.05, 0.1) is 17.8 Å². The van der Waals surface area contributed by atoms with Crippen molar-refractivity contribution in [1.29, 1.82) is 0 Å². The number of benzene rings is 2. The van der Waals surface area contributed by atoms with Gasteiger partial charge in [-0.3, -0.25) is 14.2 Å². The normalized spacial score (nSPS) is 23.5. The van der Waals surface area contributed by atoms with Crippen LogP contribution >= 0.6 is 39.1 Å². The van der Waals surface area contributed by atoms with Gasteiger partial charge in [-0.2, -0.15) is 0 Å². The zero-order valence-corrected chi connectivity index (χ0v) is 24.0. The van der Waals surface area contributed by atoms with Gasteiger partial charge < -0.3 is 5.11 Å². The molecule has 1 aliphatic heterocycles. The van der Waals surface area contributed by atoms with Crippen molar-refractivity contribution >= 4 is 72.7 Å². The van der Waals surface area contributed by atoms with Crippen molar-refractivity contribution in [2.24, 2.45) is 5.92 Å². The SMILES string of the molecule is C[C@@]1(c2ccc(Br)cc2)C(=O)N(c2cc(Cl)cc(Cl)c2)c2ncc(S(=O)(=O)NC3CCCCC3C(=O)O)n21. The summed E-state index contributed by atoms with van der Waals surface area (Å²) in [5.74, 6) is -2.28. The number of hydrogen-bond donors (Lipinski definition) is 2. The average Bonchev–Trinajstić information content (AvgIpc) is 3.37. The number of carbonyl (C=O) groups excluding carboxylic acids is 1. The molecule has 38 heavy (non-hydrogen) atoms. The molecule has 9 nitrogen and oxygen atoms in total. The lowest BCUT2D eigenvalue weighted by Crippen LogP contribution is -2.46. The smallest absolute Gasteiger partial charge is 0.308 e. The summed E-state index contributed by atoms with van der Waals surface area (Å²) in [5, 5.41) is 9.99. The molecule has 5 rings (SSSR count). The summed E-state index contributed by atoms with van der Waals surface area (Å²) in [4.78, 5) is 31.6. The van der Waals surface area contributed by atoms with E-state index in [9.17, 15) is 23.1 Å². The Morgan fingerprint density at radius 1 is 1.13 bits per heavy atom. The highest BCUT2D eigenvalue weighted by molar-refractivity contribution is 9.10. The molecule has 2 aliphatic rings. The van der Waals surface area contributed by atoms with Gasteiger partial charge in [0.1, 0.15) is 0 Å². The van der Waals surface area contributed by atoms with Crippen LogP contribution in [0.3, 0.4) is 0 Å². The predicted octanol–water partition coefficient (Wildman–Crippen LogP) is 5.32. The van der Waals surface area contributed by atoms with E-state index < -0.39 is 39.4 Å². The first-order chi connectivity index (χ1) is 17.9. The summed E-state index contributed by atoms with van der Waals surface area (Å²) in [6, 6.07) is 10.8. The van der Waals surface area contributed by atoms with E-state index in [2.05, 4.69) is 25.6 Å². The minimum absolute atomic E-state index is 0.0672. The standard InChI is InChI=1S/C25H23BrCl2N4O5S/c1-25(14-6-8-15(26)9-7-14)23(35)31(18-11-16(27)10-17(28)12-18)24-29-13-21(32(24)25)38(36,37)30-20-5-3-2-4-19(20)22(33)34/h6-13,19-20,30H,2-5H2,1H3,(H,33,34)/t19?,20?,25-/m1/s1. The van der Waals surface area contributed by atoms with Crippen LogP contribution in [0.25, 0.3) is 0 Å². The number of aliphatic carboxylic acids is 1. The number of sulfonamides is 1. The van der Waals surface area contributed by atoms with Gasteiger partial charge in [0.15, 0.2) is 10.6 Å². The molecule has 0 saturated heterocycles. The lowest BCUT2D eigenvalue weighted by Gasteiger charge is -2.30. The highest BCUT2D eigenvalue weighted by Gasteiger charge is 2.53. The Labute approximate surface area is 237 Å². The summed E-state index contributed by atoms with van der Waals surface area (Å²) < 4.78 is 32.3. The minimum atomic E-state index is -4.29. The van der Waals surface area contributed by atoms with E-state index in [1.165, 1.54) is 21.7 Å². The average molecular weight is 642 g/mol. The number of carboxylic acids is 1. The number of carbonyl (C=O) groups is 2. The first kappa shape index (κ1) is 27.1. The van der Waals surface area contributed by atoms with Crippen LogP contribution < -0.4 is 9.62 Å². The zero-order valence-electron chi connectivity index (χ0n) is 20.1. The topological polar surface area (TPSA) is 122 Å². The van der Waals surface area contributed by atoms with Gasteiger partial charge in [0.2, 0.25) is 5.95 Å². The van der Waals surface area contributed by atoms with E-state index in [1.54, 1.807) is 43.3 Å². The van der Waals surface area contributed by atoms with Crippen molar-refractivity contribution in [2.45, 2.75) is 49.2 Å². The molecule has 2 heterocycles. The van der Waals surface area contributed by atoms with Crippen molar-refractivity contribution in [2.75, 3.05) is 4.90 Å². The number of halogens is 3. The predicted molar refractivity (Wildman–Crippen MR) is 146 cm³/mol. The third-order valence-electron chi connectivity index (χ3n) is 7.15. The molecule has 1 saturated carbocycles. The number of aromatic nitrogens is 2. The molecule has 3 aromatic rings. The van der Waals surface area contributed by atoms with Crippen LogP contribution in [0.1, 0.15) is 38.2 Å². The van der Waals surface area contributed by atoms with Crippen molar-refractivity contribution in [3.8, 4) is 0 Å². The van der Waals surface area contributed by atoms with Crippen molar-refractivity contribution in [3.05, 3.63) is 68.7 Å². The summed E-state index contributed by atoms with van der Waals surface area (Å²) in [5.41, 5.74) is -0.655. The van der Waals surface area contributed by atoms with Crippen LogP contribution in [0.5, 0.6) is 0 Å². The third-order valence-corrected chi connectivity index (χ3v) is 9.57. The summed E-state index contributed by atoms with van der Waals surface area (Å²) in [6.45, 7) is 1.62. The number of hydrogen-bond acceptors (Lipinski definition) is 5. The molecule has 3 atom stereocenters. The summed E-state index contributed by atoms with van der Waals surface area (Å²) in [6.07, 6.45) is 3.38. The van der Waals surface area contributed by atoms with Crippen molar-refractivity contribution < 1.29 is 23.1 Å². The van der Waals surface area contributed by atoms with E-state index in [0.717, 1.165) is 4.47 Å². The van der Waals surface area contributed by atoms with Crippen LogP contribution in [-0.2, 0) is 25.2 Å². The molecule has 2 unspecified atom stereocenters. The first-order valence-corrected chi connectivity index (χ1v) is 14.9. The van der Waals surface area contributed by atoms with Gasteiger partial charge >= 0.3 is 5.97 Å². The Morgan fingerprint density at radius 3 is 2.39 bits per heavy atom. The van der Waals surface area contributed by atoms with Crippen LogP contribution in [-0.4, -0.2) is 41.0 Å². The second kappa shape index (κ2) is 9.95. The van der Waals surface area contributed by atoms with Gasteiger partial charge in [-0.1, -0.05) is 64.1 Å². The second-order valence-corrected chi connectivity index (χ2v) is 13.0. The molecule has 1 aliphatic carbocycles. The highest BCUT2D eigenvalue weighted by Crippen LogP contribution is 2.46. The van der Waals surface area contributed by atoms with Gasteiger partial charge in [0, 0.05) is 20.6 Å². The van der Waals surface area contributed by atoms with Gasteiger partial charge in [-0.25, -0.2) is 23.0 Å². The number of nitrogens with one attached hydrogen (secondary N) is 1. The van der Waals surface area contributed by atoms with E-state index in [-0.39, 0.29) is 11.0 Å². The fourth-order valence-electron chi connectivity index (χ4n) is 5.25. The maximum Gasteiger partial charge on any atom is 0.308 e. The Kier molecular flexibility index (Phi) is 7.10. The largest absolute Gasteiger partial charge is 0.481 e. The quantitative estimate of drug-likeness (QED) is 0.376. The van der Waals surface area contributed by atoms with E-state index >= 15 is 0 Å². The number of carboxylic acid groups (broad SMARTS) is 1. The van der Waals surface area contributed by atoms with E-state index in [0.29, 0.717) is 47.0 Å². The van der Waals surface area contributed by atoms with Crippen molar-refractivity contribution in [3.63, 3.8) is 0 Å². The highest BCUT2D eigenvalue weighted by atomic mass is 79.9. The lowest BCUT2D eigenvalue weighted by atomic mass is 9.85. The fourth-order valence-corrected chi connectivity index (χ4v) is 7.53. The fraction of sp³-hybridized carbons (Fsp3) is 0.320. The van der Waals surface area contributed by atoms with Crippen molar-refractivity contribution in [1.82, 2.24) is 14.3 Å². The number of imidazole rings is 1. The molecule has 0 bridgehead atoms. The first-order valence-electron chi connectivity index (χ1n) is 11.8. The summed E-state index contributed by atoms with van der Waals surface area (Å²) in [7, 11) is -4.29. The minimum Gasteiger partial charge on any atom is -0.481 e. The number of anilines is 2. The molecule has 200 valence electrons. The Balaban J connectivity index is 1.67. The van der Waals surface area contributed by atoms with Crippen LogP contribution in [0, 0.1) is 5.92 Å². The maximum absolute atomic E-state index is 14.1. The second-order valence-electron chi connectivity index (χ2n) is 9.54. The molecule has 1 amide bonds. The monoisotopic (exact) mass is 640 g/mol. The number of rotatable bonds is 6. The number of fused-ring (bicyclic) bond motifs is 1. The van der Waals surface area contributed by atoms with E-state index in [4.69, 9.17) is 23.2 Å².